The van der Waals surface area contributed by atoms with Gasteiger partial charge in [-0.3, -0.25) is 9.10 Å². The molecular weight excluding hydrogens is 343 g/mol. The summed E-state index contributed by atoms with van der Waals surface area (Å²) in [7, 11) is -2.05. The van der Waals surface area contributed by atoms with Crippen LogP contribution < -0.4 is 9.62 Å². The van der Waals surface area contributed by atoms with E-state index in [1.807, 2.05) is 0 Å². The van der Waals surface area contributed by atoms with Gasteiger partial charge in [-0.05, 0) is 30.2 Å². The van der Waals surface area contributed by atoms with Crippen LogP contribution in [0, 0.1) is 5.82 Å². The standard InChI is InChI=1S/C18H21FN2O3S/c1-21(16-8-3-2-4-9-16)25(23,24)14-13-20-18(22)12-11-15-7-5-6-10-17(15)19/h2-10H,11-14H2,1H3,(H,20,22). The van der Waals surface area contributed by atoms with Gasteiger partial charge in [-0.1, -0.05) is 36.4 Å². The Morgan fingerprint density at radius 1 is 1.08 bits per heavy atom. The normalized spacial score (nSPS) is 11.1. The SMILES string of the molecule is CN(c1ccccc1)S(=O)(=O)CCNC(=O)CCc1ccccc1F. The van der Waals surface area contributed by atoms with E-state index in [9.17, 15) is 17.6 Å². The van der Waals surface area contributed by atoms with Gasteiger partial charge in [0.1, 0.15) is 5.82 Å². The number of carbonyl (C=O) groups is 1. The van der Waals surface area contributed by atoms with Gasteiger partial charge in [0, 0.05) is 20.0 Å². The first-order valence-electron chi connectivity index (χ1n) is 7.92. The summed E-state index contributed by atoms with van der Waals surface area (Å²) in [6.45, 7) is 0.00954. The largest absolute Gasteiger partial charge is 0.355 e. The van der Waals surface area contributed by atoms with Crippen molar-refractivity contribution < 1.29 is 17.6 Å². The summed E-state index contributed by atoms with van der Waals surface area (Å²) in [5.74, 6) is -0.854. The number of rotatable bonds is 8. The van der Waals surface area contributed by atoms with E-state index in [0.29, 0.717) is 11.3 Å². The lowest BCUT2D eigenvalue weighted by atomic mass is 10.1. The molecule has 0 atom stereocenters. The molecule has 0 aromatic heterocycles. The van der Waals surface area contributed by atoms with E-state index in [1.54, 1.807) is 48.5 Å². The van der Waals surface area contributed by atoms with Crippen LogP contribution in [0.3, 0.4) is 0 Å². The summed E-state index contributed by atoms with van der Waals surface area (Å²) in [6, 6.07) is 15.0. The fraction of sp³-hybridized carbons (Fsp3) is 0.278. The number of aryl methyl sites for hydroxylation is 1. The minimum Gasteiger partial charge on any atom is -0.355 e. The molecule has 0 saturated carbocycles. The molecule has 0 fully saturated rings. The number of carbonyl (C=O) groups excluding carboxylic acids is 1. The zero-order chi connectivity index (χ0) is 18.3. The van der Waals surface area contributed by atoms with Crippen LogP contribution in [0.25, 0.3) is 0 Å². The van der Waals surface area contributed by atoms with Crippen molar-refractivity contribution in [3.8, 4) is 0 Å². The summed E-state index contributed by atoms with van der Waals surface area (Å²) < 4.78 is 39.2. The molecule has 0 unspecified atom stereocenters. The number of para-hydroxylation sites is 1. The molecule has 134 valence electrons. The van der Waals surface area contributed by atoms with Gasteiger partial charge >= 0.3 is 0 Å². The topological polar surface area (TPSA) is 66.5 Å². The molecule has 0 radical (unpaired) electrons. The molecule has 1 amide bonds. The second-order valence-corrected chi connectivity index (χ2v) is 7.68. The minimum atomic E-state index is -3.52. The lowest BCUT2D eigenvalue weighted by Gasteiger charge is -2.19. The molecule has 5 nitrogen and oxygen atoms in total. The van der Waals surface area contributed by atoms with Crippen LogP contribution in [0.5, 0.6) is 0 Å². The molecule has 0 heterocycles. The van der Waals surface area contributed by atoms with Gasteiger partial charge in [-0.25, -0.2) is 12.8 Å². The van der Waals surface area contributed by atoms with Gasteiger partial charge in [0.05, 0.1) is 11.4 Å². The fourth-order valence-electron chi connectivity index (χ4n) is 2.29. The number of amides is 1. The Kier molecular flexibility index (Phi) is 6.52. The molecule has 0 bridgehead atoms. The van der Waals surface area contributed by atoms with Crippen LogP contribution in [-0.4, -0.2) is 33.7 Å². The Bertz CT molecular complexity index is 810. The van der Waals surface area contributed by atoms with Crippen LogP contribution in [0.2, 0.25) is 0 Å². The van der Waals surface area contributed by atoms with Crippen LogP contribution in [0.1, 0.15) is 12.0 Å². The van der Waals surface area contributed by atoms with E-state index in [4.69, 9.17) is 0 Å². The number of nitrogens with zero attached hydrogens (tertiary/aromatic N) is 1. The predicted molar refractivity (Wildman–Crippen MR) is 96.4 cm³/mol. The van der Waals surface area contributed by atoms with Gasteiger partial charge in [-0.2, -0.15) is 0 Å². The third-order valence-electron chi connectivity index (χ3n) is 3.80. The summed E-state index contributed by atoms with van der Waals surface area (Å²) >= 11 is 0. The third kappa shape index (κ3) is 5.56. The van der Waals surface area contributed by atoms with E-state index < -0.39 is 10.0 Å². The first-order valence-corrected chi connectivity index (χ1v) is 9.53. The van der Waals surface area contributed by atoms with E-state index in [-0.39, 0.29) is 36.9 Å². The molecular formula is C18H21FN2O3S. The number of sulfonamides is 1. The van der Waals surface area contributed by atoms with Crippen molar-refractivity contribution in [2.24, 2.45) is 0 Å². The Hall–Kier alpha value is -2.41. The fourth-order valence-corrected chi connectivity index (χ4v) is 3.37. The van der Waals surface area contributed by atoms with E-state index >= 15 is 0 Å². The van der Waals surface area contributed by atoms with Gasteiger partial charge < -0.3 is 5.32 Å². The molecule has 7 heteroatoms. The Balaban J connectivity index is 1.79. The number of hydrogen-bond acceptors (Lipinski definition) is 3. The van der Waals surface area contributed by atoms with Crippen molar-refractivity contribution in [3.63, 3.8) is 0 Å². The highest BCUT2D eigenvalue weighted by atomic mass is 32.2. The first kappa shape index (κ1) is 18.9. The molecule has 0 saturated heterocycles. The lowest BCUT2D eigenvalue weighted by molar-refractivity contribution is -0.120. The van der Waals surface area contributed by atoms with Crippen LogP contribution in [0.15, 0.2) is 54.6 Å². The maximum absolute atomic E-state index is 13.5. The lowest BCUT2D eigenvalue weighted by Crippen LogP contribution is -2.35. The summed E-state index contributed by atoms with van der Waals surface area (Å²) in [4.78, 5) is 11.8. The maximum Gasteiger partial charge on any atom is 0.236 e. The number of halogens is 1. The van der Waals surface area contributed by atoms with Gasteiger partial charge in [0.15, 0.2) is 0 Å². The molecule has 2 aromatic carbocycles. The van der Waals surface area contributed by atoms with Gasteiger partial charge in [-0.15, -0.1) is 0 Å². The van der Waals surface area contributed by atoms with Crippen LogP contribution in [0.4, 0.5) is 10.1 Å². The van der Waals surface area contributed by atoms with E-state index in [1.165, 1.54) is 17.4 Å². The van der Waals surface area contributed by atoms with Crippen LogP contribution >= 0.6 is 0 Å². The second kappa shape index (κ2) is 8.62. The second-order valence-electron chi connectivity index (χ2n) is 5.56. The van der Waals surface area contributed by atoms with Gasteiger partial charge in [0.2, 0.25) is 15.9 Å². The highest BCUT2D eigenvalue weighted by Gasteiger charge is 2.18. The van der Waals surface area contributed by atoms with Crippen molar-refractivity contribution in [1.82, 2.24) is 5.32 Å². The average Bonchev–Trinajstić information content (AvgIpc) is 2.61. The highest BCUT2D eigenvalue weighted by Crippen LogP contribution is 2.15. The van der Waals surface area contributed by atoms with Crippen molar-refractivity contribution in [1.29, 1.82) is 0 Å². The Labute approximate surface area is 147 Å². The number of benzene rings is 2. The van der Waals surface area contributed by atoms with Crippen LogP contribution in [-0.2, 0) is 21.2 Å². The van der Waals surface area contributed by atoms with Crippen molar-refractivity contribution >= 4 is 21.6 Å². The highest BCUT2D eigenvalue weighted by molar-refractivity contribution is 7.92. The molecule has 2 rings (SSSR count). The molecule has 0 aliphatic heterocycles. The molecule has 25 heavy (non-hydrogen) atoms. The Morgan fingerprint density at radius 2 is 1.72 bits per heavy atom. The number of anilines is 1. The predicted octanol–water partition coefficient (Wildman–Crippen LogP) is 2.34. The smallest absolute Gasteiger partial charge is 0.236 e. The average molecular weight is 364 g/mol. The summed E-state index contributed by atoms with van der Waals surface area (Å²) in [5, 5.41) is 2.57. The quantitative estimate of drug-likeness (QED) is 0.782. The Morgan fingerprint density at radius 3 is 2.40 bits per heavy atom. The van der Waals surface area contributed by atoms with Crippen molar-refractivity contribution in [2.75, 3.05) is 23.7 Å². The molecule has 1 N–H and O–H groups in total. The number of nitrogens with one attached hydrogen (secondary N) is 1. The zero-order valence-corrected chi connectivity index (χ0v) is 14.8. The molecule has 0 aliphatic rings. The third-order valence-corrected chi connectivity index (χ3v) is 5.56. The minimum absolute atomic E-state index is 0.00954. The van der Waals surface area contributed by atoms with Crippen molar-refractivity contribution in [2.45, 2.75) is 12.8 Å². The molecule has 0 spiro atoms. The van der Waals surface area contributed by atoms with Gasteiger partial charge in [0.25, 0.3) is 0 Å². The van der Waals surface area contributed by atoms with E-state index in [0.717, 1.165) is 0 Å². The summed E-state index contributed by atoms with van der Waals surface area (Å²) in [6.07, 6.45) is 0.380. The molecule has 2 aromatic rings. The zero-order valence-electron chi connectivity index (χ0n) is 14.0. The van der Waals surface area contributed by atoms with Crippen molar-refractivity contribution in [3.05, 3.63) is 66.0 Å². The summed E-state index contributed by atoms with van der Waals surface area (Å²) in [5.41, 5.74) is 1.03. The number of hydrogen-bond donors (Lipinski definition) is 1. The van der Waals surface area contributed by atoms with E-state index in [2.05, 4.69) is 5.32 Å². The monoisotopic (exact) mass is 364 g/mol. The maximum atomic E-state index is 13.5. The first-order chi connectivity index (χ1) is 11.9. The molecule has 0 aliphatic carbocycles.